The number of nitrogens with one attached hydrogen (secondary N) is 1. The number of anilines is 1. The van der Waals surface area contributed by atoms with Gasteiger partial charge in [0.15, 0.2) is 11.5 Å². The van der Waals surface area contributed by atoms with Crippen molar-refractivity contribution < 1.29 is 27.5 Å². The first kappa shape index (κ1) is 30.9. The molecule has 0 bridgehead atoms. The number of rotatable bonds is 10. The molecule has 0 radical (unpaired) electrons. The van der Waals surface area contributed by atoms with Crippen molar-refractivity contribution in [2.45, 2.75) is 64.1 Å². The maximum Gasteiger partial charge on any atom is 0.264 e. The third-order valence-electron chi connectivity index (χ3n) is 6.78. The molecule has 1 N–H and O–H groups in total. The van der Waals surface area contributed by atoms with Crippen molar-refractivity contribution >= 4 is 27.5 Å². The summed E-state index contributed by atoms with van der Waals surface area (Å²) in [7, 11) is -4.18. The Morgan fingerprint density at radius 2 is 1.57 bits per heavy atom. The number of carbonyl (C=O) groups is 2. The fourth-order valence-corrected chi connectivity index (χ4v) is 6.13. The van der Waals surface area contributed by atoms with Gasteiger partial charge in [-0.15, -0.1) is 0 Å². The monoisotopic (exact) mass is 593 g/mol. The Labute approximate surface area is 248 Å². The first-order valence-electron chi connectivity index (χ1n) is 14.0. The fourth-order valence-electron chi connectivity index (χ4n) is 4.70. The number of fused-ring (bicyclic) bond motifs is 1. The van der Waals surface area contributed by atoms with Crippen LogP contribution in [0.5, 0.6) is 11.5 Å². The van der Waals surface area contributed by atoms with E-state index in [-0.39, 0.29) is 23.0 Å². The lowest BCUT2D eigenvalue weighted by Gasteiger charge is -2.35. The zero-order valence-corrected chi connectivity index (χ0v) is 25.6. The van der Waals surface area contributed by atoms with E-state index in [4.69, 9.17) is 9.47 Å². The Morgan fingerprint density at radius 1 is 0.929 bits per heavy atom. The van der Waals surface area contributed by atoms with Crippen LogP contribution in [0.4, 0.5) is 5.69 Å². The van der Waals surface area contributed by atoms with E-state index in [1.54, 1.807) is 36.4 Å². The van der Waals surface area contributed by atoms with E-state index in [2.05, 4.69) is 5.32 Å². The normalized spacial score (nSPS) is 13.6. The van der Waals surface area contributed by atoms with E-state index in [0.29, 0.717) is 31.1 Å². The van der Waals surface area contributed by atoms with Crippen molar-refractivity contribution in [3.63, 3.8) is 0 Å². The number of nitrogens with zero attached hydrogens (tertiary/aromatic N) is 2. The standard InChI is InChI=1S/C32H39N3O6S/c1-6-27(31(37)33-32(3,4)5)34(21-24-14-12-23(2)13-15-24)30(36)22-35(42(38,39)26-10-8-7-9-11-26)25-16-17-28-29(20-25)41-19-18-40-28/h7-17,20,27H,6,18-19,21-22H2,1-5H3,(H,33,37)/t27-/m1/s1. The van der Waals surface area contributed by atoms with Gasteiger partial charge in [-0.2, -0.15) is 0 Å². The molecule has 1 heterocycles. The molecule has 4 rings (SSSR count). The van der Waals surface area contributed by atoms with Crippen molar-refractivity contribution in [2.24, 2.45) is 0 Å². The predicted octanol–water partition coefficient (Wildman–Crippen LogP) is 4.68. The molecule has 2 amide bonds. The Bertz CT molecular complexity index is 1500. The van der Waals surface area contributed by atoms with Gasteiger partial charge in [0.2, 0.25) is 11.8 Å². The molecule has 1 aliphatic rings. The lowest BCUT2D eigenvalue weighted by molar-refractivity contribution is -0.141. The SMILES string of the molecule is CC[C@H](C(=O)NC(C)(C)C)N(Cc1ccc(C)cc1)C(=O)CN(c1ccc2c(c1)OCCO2)S(=O)(=O)c1ccccc1. The first-order chi connectivity index (χ1) is 19.9. The Balaban J connectivity index is 1.76. The summed E-state index contributed by atoms with van der Waals surface area (Å²) >= 11 is 0. The van der Waals surface area contributed by atoms with E-state index in [0.717, 1.165) is 15.4 Å². The third kappa shape index (κ3) is 7.42. The Kier molecular flexibility index (Phi) is 9.46. The van der Waals surface area contributed by atoms with Gasteiger partial charge in [-0.05, 0) is 63.9 Å². The van der Waals surface area contributed by atoms with Crippen LogP contribution in [0.15, 0.2) is 77.7 Å². The molecule has 3 aromatic rings. The van der Waals surface area contributed by atoms with Gasteiger partial charge in [0.1, 0.15) is 25.8 Å². The predicted molar refractivity (Wildman–Crippen MR) is 162 cm³/mol. The van der Waals surface area contributed by atoms with Crippen LogP contribution in [-0.2, 0) is 26.2 Å². The molecule has 3 aromatic carbocycles. The van der Waals surface area contributed by atoms with Crippen LogP contribution in [0.1, 0.15) is 45.2 Å². The highest BCUT2D eigenvalue weighted by Crippen LogP contribution is 2.36. The number of hydrogen-bond acceptors (Lipinski definition) is 6. The van der Waals surface area contributed by atoms with Crippen LogP contribution in [0.25, 0.3) is 0 Å². The van der Waals surface area contributed by atoms with Crippen LogP contribution < -0.4 is 19.1 Å². The van der Waals surface area contributed by atoms with Crippen molar-refractivity contribution in [1.29, 1.82) is 0 Å². The lowest BCUT2D eigenvalue weighted by atomic mass is 10.1. The van der Waals surface area contributed by atoms with Crippen molar-refractivity contribution in [2.75, 3.05) is 24.1 Å². The van der Waals surface area contributed by atoms with Crippen LogP contribution >= 0.6 is 0 Å². The minimum atomic E-state index is -4.18. The van der Waals surface area contributed by atoms with Gasteiger partial charge in [0.05, 0.1) is 10.6 Å². The highest BCUT2D eigenvalue weighted by Gasteiger charge is 2.35. The molecular weight excluding hydrogens is 554 g/mol. The average Bonchev–Trinajstić information content (AvgIpc) is 2.96. The maximum absolute atomic E-state index is 14.2. The minimum Gasteiger partial charge on any atom is -0.486 e. The third-order valence-corrected chi connectivity index (χ3v) is 8.57. The Hall–Kier alpha value is -4.05. The highest BCUT2D eigenvalue weighted by molar-refractivity contribution is 7.92. The summed E-state index contributed by atoms with van der Waals surface area (Å²) in [4.78, 5) is 29.2. The summed E-state index contributed by atoms with van der Waals surface area (Å²) < 4.78 is 40.4. The summed E-state index contributed by atoms with van der Waals surface area (Å²) in [5, 5.41) is 2.98. The summed E-state index contributed by atoms with van der Waals surface area (Å²) in [5.41, 5.74) is 1.62. The molecule has 0 aromatic heterocycles. The van der Waals surface area contributed by atoms with Crippen LogP contribution in [0.2, 0.25) is 0 Å². The number of sulfonamides is 1. The van der Waals surface area contributed by atoms with E-state index < -0.39 is 34.1 Å². The quantitative estimate of drug-likeness (QED) is 0.366. The van der Waals surface area contributed by atoms with Gasteiger partial charge in [-0.3, -0.25) is 13.9 Å². The number of benzene rings is 3. The highest BCUT2D eigenvalue weighted by atomic mass is 32.2. The molecule has 9 nitrogen and oxygen atoms in total. The molecule has 0 spiro atoms. The first-order valence-corrected chi connectivity index (χ1v) is 15.5. The largest absolute Gasteiger partial charge is 0.486 e. The molecule has 0 unspecified atom stereocenters. The molecule has 0 saturated heterocycles. The molecule has 10 heteroatoms. The van der Waals surface area contributed by atoms with Crippen molar-refractivity contribution in [3.8, 4) is 11.5 Å². The lowest BCUT2D eigenvalue weighted by Crippen LogP contribution is -2.55. The maximum atomic E-state index is 14.2. The smallest absolute Gasteiger partial charge is 0.264 e. The molecular formula is C32H39N3O6S. The number of amides is 2. The van der Waals surface area contributed by atoms with Gasteiger partial charge < -0.3 is 19.7 Å². The van der Waals surface area contributed by atoms with Crippen molar-refractivity contribution in [1.82, 2.24) is 10.2 Å². The second-order valence-electron chi connectivity index (χ2n) is 11.3. The summed E-state index contributed by atoms with van der Waals surface area (Å²) in [6.45, 7) is 9.75. The van der Waals surface area contributed by atoms with E-state index in [9.17, 15) is 18.0 Å². The van der Waals surface area contributed by atoms with Crippen molar-refractivity contribution in [3.05, 3.63) is 83.9 Å². The molecule has 224 valence electrons. The minimum absolute atomic E-state index is 0.0373. The number of hydrogen-bond donors (Lipinski definition) is 1. The van der Waals surface area contributed by atoms with E-state index in [1.807, 2.05) is 58.9 Å². The Morgan fingerprint density at radius 3 is 2.19 bits per heavy atom. The van der Waals surface area contributed by atoms with E-state index in [1.165, 1.54) is 17.0 Å². The zero-order chi connectivity index (χ0) is 30.5. The zero-order valence-electron chi connectivity index (χ0n) is 24.8. The summed E-state index contributed by atoms with van der Waals surface area (Å²) in [6.07, 6.45) is 0.342. The molecule has 0 fully saturated rings. The molecule has 1 aliphatic heterocycles. The van der Waals surface area contributed by atoms with Crippen LogP contribution in [0.3, 0.4) is 0 Å². The van der Waals surface area contributed by atoms with E-state index >= 15 is 0 Å². The molecule has 0 saturated carbocycles. The van der Waals surface area contributed by atoms with Crippen LogP contribution in [0, 0.1) is 6.92 Å². The van der Waals surface area contributed by atoms with Gasteiger partial charge in [-0.1, -0.05) is 55.0 Å². The fraction of sp³-hybridized carbons (Fsp3) is 0.375. The second-order valence-corrected chi connectivity index (χ2v) is 13.2. The number of carbonyl (C=O) groups excluding carboxylic acids is 2. The van der Waals surface area contributed by atoms with Gasteiger partial charge in [-0.25, -0.2) is 8.42 Å². The molecule has 0 aliphatic carbocycles. The second kappa shape index (κ2) is 12.9. The van der Waals surface area contributed by atoms with Crippen LogP contribution in [-0.4, -0.2) is 56.5 Å². The average molecular weight is 594 g/mol. The molecule has 42 heavy (non-hydrogen) atoms. The number of ether oxygens (including phenoxy) is 2. The van der Waals surface area contributed by atoms with Gasteiger partial charge >= 0.3 is 0 Å². The van der Waals surface area contributed by atoms with Gasteiger partial charge in [0.25, 0.3) is 10.0 Å². The summed E-state index contributed by atoms with van der Waals surface area (Å²) in [5.74, 6) is 0.0781. The molecule has 1 atom stereocenters. The summed E-state index contributed by atoms with van der Waals surface area (Å²) in [6, 6.07) is 19.6. The number of aryl methyl sites for hydroxylation is 1. The topological polar surface area (TPSA) is 105 Å². The van der Waals surface area contributed by atoms with Gasteiger partial charge in [0, 0.05) is 18.2 Å².